The van der Waals surface area contributed by atoms with Gasteiger partial charge >= 0.3 is 0 Å². The van der Waals surface area contributed by atoms with Crippen LogP contribution in [-0.4, -0.2) is 54.0 Å². The number of amides is 1. The van der Waals surface area contributed by atoms with Crippen LogP contribution < -0.4 is 0 Å². The number of carbonyl (C=O) groups excluding carboxylic acids is 1. The Morgan fingerprint density at radius 2 is 2.18 bits per heavy atom. The number of hydrogen-bond acceptors (Lipinski definition) is 5. The maximum atomic E-state index is 12.5. The van der Waals surface area contributed by atoms with Crippen molar-refractivity contribution in [2.45, 2.75) is 0 Å². The van der Waals surface area contributed by atoms with Crippen LogP contribution in [0.5, 0.6) is 0 Å². The smallest absolute Gasteiger partial charge is 0.276 e. The molecule has 116 valence electrons. The number of rotatable bonds is 3. The zero-order valence-electron chi connectivity index (χ0n) is 12.1. The zero-order chi connectivity index (χ0) is 15.4. The van der Waals surface area contributed by atoms with E-state index in [1.807, 2.05) is 30.3 Å². The Morgan fingerprint density at radius 3 is 2.95 bits per heavy atom. The Kier molecular flexibility index (Phi) is 4.50. The normalized spacial score (nSPS) is 19.0. The van der Waals surface area contributed by atoms with Crippen molar-refractivity contribution in [1.29, 1.82) is 0 Å². The van der Waals surface area contributed by atoms with E-state index in [1.165, 1.54) is 0 Å². The lowest BCUT2D eigenvalue weighted by molar-refractivity contribution is 0.0718. The molecule has 22 heavy (non-hydrogen) atoms. The highest BCUT2D eigenvalue weighted by Gasteiger charge is 2.25. The van der Waals surface area contributed by atoms with E-state index in [2.05, 4.69) is 5.16 Å². The highest BCUT2D eigenvalue weighted by atomic mass is 16.5. The molecule has 6 heteroatoms. The van der Waals surface area contributed by atoms with Gasteiger partial charge in [-0.15, -0.1) is 0 Å². The lowest BCUT2D eigenvalue weighted by Crippen LogP contribution is -2.36. The molecule has 1 aromatic carbocycles. The fourth-order valence-corrected chi connectivity index (χ4v) is 2.45. The average Bonchev–Trinajstić information content (AvgIpc) is 2.93. The molecule has 3 rings (SSSR count). The van der Waals surface area contributed by atoms with Gasteiger partial charge in [-0.05, 0) is 0 Å². The van der Waals surface area contributed by atoms with E-state index >= 15 is 0 Å². The largest absolute Gasteiger partial charge is 0.396 e. The molecule has 0 spiro atoms. The van der Waals surface area contributed by atoms with E-state index in [0.29, 0.717) is 32.1 Å². The third kappa shape index (κ3) is 3.18. The van der Waals surface area contributed by atoms with Crippen molar-refractivity contribution in [1.82, 2.24) is 10.1 Å². The second kappa shape index (κ2) is 6.72. The minimum Gasteiger partial charge on any atom is -0.396 e. The summed E-state index contributed by atoms with van der Waals surface area (Å²) in [7, 11) is 0. The van der Waals surface area contributed by atoms with E-state index in [-0.39, 0.29) is 24.1 Å². The van der Waals surface area contributed by atoms with Gasteiger partial charge in [-0.2, -0.15) is 0 Å². The van der Waals surface area contributed by atoms with Crippen molar-refractivity contribution in [3.8, 4) is 11.3 Å². The minimum absolute atomic E-state index is 0.00212. The van der Waals surface area contributed by atoms with Crippen LogP contribution in [-0.2, 0) is 4.74 Å². The van der Waals surface area contributed by atoms with Crippen LogP contribution in [0.2, 0.25) is 0 Å². The van der Waals surface area contributed by atoms with Crippen molar-refractivity contribution < 1.29 is 19.2 Å². The van der Waals surface area contributed by atoms with E-state index < -0.39 is 0 Å². The standard InChI is InChI=1S/C16H18N2O4/c19-10-12-9-18(6-7-21-11-12)16(20)14-8-15(22-17-14)13-4-2-1-3-5-13/h1-5,8,12,19H,6-7,9-11H2. The predicted molar refractivity (Wildman–Crippen MR) is 79.2 cm³/mol. The van der Waals surface area contributed by atoms with Crippen LogP contribution in [0, 0.1) is 5.92 Å². The first-order valence-electron chi connectivity index (χ1n) is 7.28. The summed E-state index contributed by atoms with van der Waals surface area (Å²) in [6, 6.07) is 11.2. The lowest BCUT2D eigenvalue weighted by Gasteiger charge is -2.21. The number of nitrogens with zero attached hydrogens (tertiary/aromatic N) is 2. The van der Waals surface area contributed by atoms with Crippen molar-refractivity contribution in [3.63, 3.8) is 0 Å². The number of carbonyl (C=O) groups is 1. The molecule has 1 fully saturated rings. The molecule has 2 heterocycles. The third-order valence-electron chi connectivity index (χ3n) is 3.67. The van der Waals surface area contributed by atoms with Gasteiger partial charge in [-0.25, -0.2) is 0 Å². The first-order valence-corrected chi connectivity index (χ1v) is 7.28. The molecule has 0 saturated carbocycles. The molecule has 6 nitrogen and oxygen atoms in total. The van der Waals surface area contributed by atoms with E-state index in [4.69, 9.17) is 9.26 Å². The summed E-state index contributed by atoms with van der Waals surface area (Å²) < 4.78 is 10.7. The first-order chi connectivity index (χ1) is 10.8. The van der Waals surface area contributed by atoms with Gasteiger partial charge in [-0.3, -0.25) is 4.79 Å². The van der Waals surface area contributed by atoms with Gasteiger partial charge in [-0.1, -0.05) is 35.5 Å². The summed E-state index contributed by atoms with van der Waals surface area (Å²) in [6.45, 7) is 1.88. The molecule has 1 unspecified atom stereocenters. The van der Waals surface area contributed by atoms with Gasteiger partial charge in [0.1, 0.15) is 0 Å². The van der Waals surface area contributed by atoms with Crippen LogP contribution >= 0.6 is 0 Å². The Labute approximate surface area is 128 Å². The summed E-state index contributed by atoms with van der Waals surface area (Å²) in [5.41, 5.74) is 1.15. The Bertz CT molecular complexity index is 626. The summed E-state index contributed by atoms with van der Waals surface area (Å²) in [5.74, 6) is 0.301. The summed E-state index contributed by atoms with van der Waals surface area (Å²) in [4.78, 5) is 14.2. The number of ether oxygens (including phenoxy) is 1. The second-order valence-corrected chi connectivity index (χ2v) is 5.32. The van der Waals surface area contributed by atoms with Gasteiger partial charge in [0.2, 0.25) is 0 Å². The van der Waals surface area contributed by atoms with E-state index in [9.17, 15) is 9.90 Å². The maximum Gasteiger partial charge on any atom is 0.276 e. The van der Waals surface area contributed by atoms with E-state index in [0.717, 1.165) is 5.56 Å². The Morgan fingerprint density at radius 1 is 1.36 bits per heavy atom. The molecule has 1 amide bonds. The van der Waals surface area contributed by atoms with Gasteiger partial charge in [0.05, 0.1) is 13.2 Å². The van der Waals surface area contributed by atoms with Gasteiger partial charge in [0.15, 0.2) is 11.5 Å². The number of hydrogen-bond donors (Lipinski definition) is 1. The summed E-state index contributed by atoms with van der Waals surface area (Å²) >= 11 is 0. The molecule has 1 saturated heterocycles. The van der Waals surface area contributed by atoms with Crippen molar-refractivity contribution >= 4 is 5.91 Å². The molecule has 2 aromatic rings. The molecule has 0 radical (unpaired) electrons. The van der Waals surface area contributed by atoms with Gasteiger partial charge in [0.25, 0.3) is 5.91 Å². The van der Waals surface area contributed by atoms with Crippen molar-refractivity contribution in [3.05, 3.63) is 42.1 Å². The fraction of sp³-hybridized carbons (Fsp3) is 0.375. The number of aliphatic hydroxyl groups excluding tert-OH is 1. The second-order valence-electron chi connectivity index (χ2n) is 5.32. The Balaban J connectivity index is 1.76. The van der Waals surface area contributed by atoms with Crippen LogP contribution in [0.15, 0.2) is 40.9 Å². The maximum absolute atomic E-state index is 12.5. The fourth-order valence-electron chi connectivity index (χ4n) is 2.45. The Hall–Kier alpha value is -2.18. The lowest BCUT2D eigenvalue weighted by atomic mass is 10.1. The number of benzene rings is 1. The van der Waals surface area contributed by atoms with Crippen molar-refractivity contribution in [2.75, 3.05) is 32.9 Å². The highest BCUT2D eigenvalue weighted by molar-refractivity contribution is 5.93. The number of aromatic nitrogens is 1. The van der Waals surface area contributed by atoms with Crippen molar-refractivity contribution in [2.24, 2.45) is 5.92 Å². The van der Waals surface area contributed by atoms with E-state index in [1.54, 1.807) is 11.0 Å². The first kappa shape index (κ1) is 14.7. The monoisotopic (exact) mass is 302 g/mol. The topological polar surface area (TPSA) is 75.8 Å². The molecular weight excluding hydrogens is 284 g/mol. The zero-order valence-corrected chi connectivity index (χ0v) is 12.1. The predicted octanol–water partition coefficient (Wildman–Crippen LogP) is 1.42. The molecule has 0 aliphatic carbocycles. The minimum atomic E-state index is -0.199. The molecule has 1 aromatic heterocycles. The summed E-state index contributed by atoms with van der Waals surface area (Å²) in [6.07, 6.45) is 0. The van der Waals surface area contributed by atoms with Gasteiger partial charge < -0.3 is 19.3 Å². The highest BCUT2D eigenvalue weighted by Crippen LogP contribution is 2.21. The van der Waals surface area contributed by atoms with Gasteiger partial charge in [0, 0.05) is 37.2 Å². The van der Waals surface area contributed by atoms with Crippen LogP contribution in [0.25, 0.3) is 11.3 Å². The number of aliphatic hydroxyl groups is 1. The van der Waals surface area contributed by atoms with Crippen LogP contribution in [0.3, 0.4) is 0 Å². The molecule has 0 bridgehead atoms. The average molecular weight is 302 g/mol. The molecule has 1 aliphatic rings. The molecular formula is C16H18N2O4. The van der Waals surface area contributed by atoms with Crippen LogP contribution in [0.4, 0.5) is 0 Å². The summed E-state index contributed by atoms with van der Waals surface area (Å²) in [5, 5.41) is 13.2. The molecule has 1 atom stereocenters. The third-order valence-corrected chi connectivity index (χ3v) is 3.67. The molecule has 1 N–H and O–H groups in total. The van der Waals surface area contributed by atoms with Crippen LogP contribution in [0.1, 0.15) is 10.5 Å². The molecule has 1 aliphatic heterocycles. The quantitative estimate of drug-likeness (QED) is 0.928. The SMILES string of the molecule is O=C(c1cc(-c2ccccc2)on1)N1CCOCC(CO)C1.